The maximum Gasteiger partial charge on any atom is 0.0215 e. The molecule has 0 aromatic carbocycles. The van der Waals surface area contributed by atoms with Crippen LogP contribution in [0.1, 0.15) is 57.8 Å². The van der Waals surface area contributed by atoms with Crippen LogP contribution in [0.5, 0.6) is 0 Å². The van der Waals surface area contributed by atoms with E-state index in [4.69, 9.17) is 0 Å². The molecule has 2 saturated carbocycles. The van der Waals surface area contributed by atoms with Crippen molar-refractivity contribution in [3.63, 3.8) is 0 Å². The minimum Gasteiger partial charge on any atom is -0.252 e. The molecular formula is C14H26N2. The van der Waals surface area contributed by atoms with E-state index in [-0.39, 0.29) is 0 Å². The van der Waals surface area contributed by atoms with Gasteiger partial charge in [-0.2, -0.15) is 0 Å². The van der Waals surface area contributed by atoms with Crippen molar-refractivity contribution in [2.24, 2.45) is 11.8 Å². The van der Waals surface area contributed by atoms with Gasteiger partial charge in [-0.15, -0.1) is 0 Å². The molecule has 2 heteroatoms. The zero-order chi connectivity index (χ0) is 10.8. The Morgan fingerprint density at radius 3 is 2.38 bits per heavy atom. The highest BCUT2D eigenvalue weighted by Crippen LogP contribution is 2.33. The van der Waals surface area contributed by atoms with E-state index in [1.807, 2.05) is 0 Å². The second kappa shape index (κ2) is 5.05. The van der Waals surface area contributed by atoms with Gasteiger partial charge in [-0.05, 0) is 37.5 Å². The van der Waals surface area contributed by atoms with Crippen molar-refractivity contribution >= 4 is 0 Å². The minimum atomic E-state index is 0.824. The Bertz CT molecular complexity index is 219. The van der Waals surface area contributed by atoms with Crippen LogP contribution in [0.3, 0.4) is 0 Å². The lowest BCUT2D eigenvalue weighted by Gasteiger charge is -2.31. The molecule has 1 saturated heterocycles. The zero-order valence-corrected chi connectivity index (χ0v) is 10.5. The number of rotatable bonds is 4. The molecule has 0 radical (unpaired) electrons. The number of hydrazine groups is 1. The molecular weight excluding hydrogens is 196 g/mol. The van der Waals surface area contributed by atoms with Gasteiger partial charge >= 0.3 is 0 Å². The van der Waals surface area contributed by atoms with Crippen LogP contribution in [-0.2, 0) is 0 Å². The quantitative estimate of drug-likeness (QED) is 0.787. The molecule has 16 heavy (non-hydrogen) atoms. The predicted octanol–water partition coefficient (Wildman–Crippen LogP) is 2.95. The van der Waals surface area contributed by atoms with Crippen LogP contribution < -0.4 is 5.43 Å². The smallest absolute Gasteiger partial charge is 0.0215 e. The van der Waals surface area contributed by atoms with Gasteiger partial charge in [0.25, 0.3) is 0 Å². The highest BCUT2D eigenvalue weighted by atomic mass is 15.5. The first kappa shape index (κ1) is 11.0. The molecule has 1 unspecified atom stereocenters. The van der Waals surface area contributed by atoms with E-state index in [1.54, 1.807) is 0 Å². The van der Waals surface area contributed by atoms with E-state index in [9.17, 15) is 0 Å². The van der Waals surface area contributed by atoms with E-state index in [0.29, 0.717) is 0 Å². The van der Waals surface area contributed by atoms with Crippen molar-refractivity contribution in [1.29, 1.82) is 0 Å². The first-order valence-electron chi connectivity index (χ1n) is 7.41. The molecule has 0 aromatic heterocycles. The predicted molar refractivity (Wildman–Crippen MR) is 67.0 cm³/mol. The van der Waals surface area contributed by atoms with Crippen molar-refractivity contribution in [1.82, 2.24) is 10.4 Å². The lowest BCUT2D eigenvalue weighted by atomic mass is 9.93. The van der Waals surface area contributed by atoms with Gasteiger partial charge in [-0.3, -0.25) is 5.43 Å². The van der Waals surface area contributed by atoms with E-state index >= 15 is 0 Å². The van der Waals surface area contributed by atoms with Crippen LogP contribution in [0.15, 0.2) is 0 Å². The fourth-order valence-corrected chi connectivity index (χ4v) is 3.66. The number of hydrogen-bond acceptors (Lipinski definition) is 2. The normalized spacial score (nSPS) is 33.4. The number of hydrogen-bond donors (Lipinski definition) is 1. The summed E-state index contributed by atoms with van der Waals surface area (Å²) < 4.78 is 0. The molecule has 3 aliphatic rings. The van der Waals surface area contributed by atoms with Crippen LogP contribution in [0.25, 0.3) is 0 Å². The first-order chi connectivity index (χ1) is 7.90. The fraction of sp³-hybridized carbons (Fsp3) is 1.00. The summed E-state index contributed by atoms with van der Waals surface area (Å²) in [4.78, 5) is 0. The highest BCUT2D eigenvalue weighted by molar-refractivity contribution is 4.81. The van der Waals surface area contributed by atoms with Gasteiger partial charge in [0.1, 0.15) is 0 Å². The molecule has 92 valence electrons. The monoisotopic (exact) mass is 222 g/mol. The number of nitrogens with zero attached hydrogens (tertiary/aromatic N) is 1. The summed E-state index contributed by atoms with van der Waals surface area (Å²) in [6, 6.07) is 0.824. The molecule has 2 aliphatic carbocycles. The van der Waals surface area contributed by atoms with Crippen molar-refractivity contribution < 1.29 is 0 Å². The Kier molecular flexibility index (Phi) is 3.49. The molecule has 0 amide bonds. The maximum atomic E-state index is 3.70. The van der Waals surface area contributed by atoms with Crippen LogP contribution in [-0.4, -0.2) is 24.1 Å². The van der Waals surface area contributed by atoms with Crippen molar-refractivity contribution in [3.05, 3.63) is 0 Å². The molecule has 1 heterocycles. The Hall–Kier alpha value is -0.0800. The van der Waals surface area contributed by atoms with Gasteiger partial charge < -0.3 is 0 Å². The van der Waals surface area contributed by atoms with Crippen molar-refractivity contribution in [3.8, 4) is 0 Å². The van der Waals surface area contributed by atoms with Crippen LogP contribution in [0, 0.1) is 11.8 Å². The average Bonchev–Trinajstić information content (AvgIpc) is 2.84. The molecule has 3 rings (SSSR count). The summed E-state index contributed by atoms with van der Waals surface area (Å²) in [5, 5.41) is 2.52. The SMILES string of the molecule is C1CCC(CC2CCN(NC3CCC3)C2)C1. The van der Waals surface area contributed by atoms with Gasteiger partial charge in [0, 0.05) is 19.1 Å². The Balaban J connectivity index is 1.38. The minimum absolute atomic E-state index is 0.824. The largest absolute Gasteiger partial charge is 0.252 e. The molecule has 2 nitrogen and oxygen atoms in total. The zero-order valence-electron chi connectivity index (χ0n) is 10.5. The first-order valence-corrected chi connectivity index (χ1v) is 7.41. The molecule has 0 spiro atoms. The third-order valence-corrected chi connectivity index (χ3v) is 4.90. The Labute approximate surface area is 99.7 Å². The summed E-state index contributed by atoms with van der Waals surface area (Å²) in [5.74, 6) is 2.07. The van der Waals surface area contributed by atoms with Gasteiger partial charge in [0.05, 0.1) is 0 Å². The van der Waals surface area contributed by atoms with Gasteiger partial charge in [-0.1, -0.05) is 32.1 Å². The summed E-state index contributed by atoms with van der Waals surface area (Å²) in [7, 11) is 0. The van der Waals surface area contributed by atoms with Gasteiger partial charge in [0.2, 0.25) is 0 Å². The third-order valence-electron chi connectivity index (χ3n) is 4.90. The molecule has 0 bridgehead atoms. The van der Waals surface area contributed by atoms with Crippen molar-refractivity contribution in [2.75, 3.05) is 13.1 Å². The van der Waals surface area contributed by atoms with E-state index in [0.717, 1.165) is 17.9 Å². The molecule has 1 atom stereocenters. The van der Waals surface area contributed by atoms with E-state index in [1.165, 1.54) is 70.9 Å². The molecule has 1 aliphatic heterocycles. The number of nitrogens with one attached hydrogen (secondary N) is 1. The van der Waals surface area contributed by atoms with Crippen LogP contribution in [0.4, 0.5) is 0 Å². The fourth-order valence-electron chi connectivity index (χ4n) is 3.66. The second-order valence-corrected chi connectivity index (χ2v) is 6.24. The van der Waals surface area contributed by atoms with Crippen LogP contribution in [0.2, 0.25) is 0 Å². The molecule has 1 N–H and O–H groups in total. The Morgan fingerprint density at radius 2 is 1.69 bits per heavy atom. The lowest BCUT2D eigenvalue weighted by Crippen LogP contribution is -2.46. The van der Waals surface area contributed by atoms with Gasteiger partial charge in [0.15, 0.2) is 0 Å². The summed E-state index contributed by atoms with van der Waals surface area (Å²) in [6.07, 6.45) is 13.3. The highest BCUT2D eigenvalue weighted by Gasteiger charge is 2.28. The third kappa shape index (κ3) is 2.60. The lowest BCUT2D eigenvalue weighted by molar-refractivity contribution is 0.145. The maximum absolute atomic E-state index is 3.70. The van der Waals surface area contributed by atoms with E-state index in [2.05, 4.69) is 10.4 Å². The standard InChI is InChI=1S/C14H26N2/c1-2-5-12(4-1)10-13-8-9-16(11-13)15-14-6-3-7-14/h12-15H,1-11H2. The summed E-state index contributed by atoms with van der Waals surface area (Å²) in [6.45, 7) is 2.63. The summed E-state index contributed by atoms with van der Waals surface area (Å²) in [5.41, 5.74) is 3.70. The Morgan fingerprint density at radius 1 is 0.875 bits per heavy atom. The average molecular weight is 222 g/mol. The topological polar surface area (TPSA) is 15.3 Å². The van der Waals surface area contributed by atoms with E-state index < -0.39 is 0 Å². The second-order valence-electron chi connectivity index (χ2n) is 6.24. The van der Waals surface area contributed by atoms with Crippen molar-refractivity contribution in [2.45, 2.75) is 63.8 Å². The summed E-state index contributed by atoms with van der Waals surface area (Å²) >= 11 is 0. The molecule has 0 aromatic rings. The van der Waals surface area contributed by atoms with Crippen LogP contribution >= 0.6 is 0 Å². The molecule has 3 fully saturated rings. The van der Waals surface area contributed by atoms with Gasteiger partial charge in [-0.25, -0.2) is 5.01 Å².